The Morgan fingerprint density at radius 3 is 2.66 bits per heavy atom. The number of anilines is 2. The second-order valence-electron chi connectivity index (χ2n) is 10.1. The average Bonchev–Trinajstić information content (AvgIpc) is 3.51. The van der Waals surface area contributed by atoms with Gasteiger partial charge in [-0.2, -0.15) is 10.1 Å². The molecule has 12 nitrogen and oxygen atoms in total. The molecule has 3 aromatic heterocycles. The lowest BCUT2D eigenvalue weighted by molar-refractivity contribution is -0.142. The number of pyridine rings is 1. The van der Waals surface area contributed by atoms with Gasteiger partial charge in [0.25, 0.3) is 5.91 Å². The van der Waals surface area contributed by atoms with E-state index < -0.39 is 17.3 Å². The zero-order valence-electron chi connectivity index (χ0n) is 21.6. The van der Waals surface area contributed by atoms with Crippen molar-refractivity contribution in [3.8, 4) is 5.82 Å². The maximum absolute atomic E-state index is 13.2. The third-order valence-corrected chi connectivity index (χ3v) is 6.96. The molecular weight excluding hydrogens is 491 g/mol. The van der Waals surface area contributed by atoms with Gasteiger partial charge >= 0.3 is 0 Å². The maximum Gasteiger partial charge on any atom is 0.252 e. The summed E-state index contributed by atoms with van der Waals surface area (Å²) in [6.07, 6.45) is 5.44. The number of hydrogen-bond acceptors (Lipinski definition) is 10. The standard InChI is InChI=1S/C25H33FN10O2/c1-15-10-20(31-21-11-16(2)33-34-21)32-24(29-15)35-8-6-25(38,7-9-35)23(37)30-17(3)18-4-5-22(27-12-18)36-14-19(26)13-28-36/h4-5,10,12-14,16-17,21,33-34,38H,6-9,11H2,1-3H3,(H,30,37)(H,29,31,32)/t16?,17-,21?/m0/s1. The number of nitrogens with one attached hydrogen (secondary N) is 4. The maximum atomic E-state index is 13.2. The molecule has 0 aromatic carbocycles. The van der Waals surface area contributed by atoms with Crippen LogP contribution in [-0.2, 0) is 4.79 Å². The Labute approximate surface area is 220 Å². The lowest BCUT2D eigenvalue weighted by atomic mass is 9.90. The van der Waals surface area contributed by atoms with Crippen molar-refractivity contribution in [2.75, 3.05) is 23.3 Å². The molecule has 2 saturated heterocycles. The van der Waals surface area contributed by atoms with Gasteiger partial charge in [-0.1, -0.05) is 6.07 Å². The highest BCUT2D eigenvalue weighted by molar-refractivity contribution is 5.85. The molecular formula is C25H33FN10O2. The summed E-state index contributed by atoms with van der Waals surface area (Å²) in [7, 11) is 0. The molecule has 2 fully saturated rings. The Kier molecular flexibility index (Phi) is 7.23. The number of piperidine rings is 1. The topological polar surface area (TPSA) is 145 Å². The Morgan fingerprint density at radius 2 is 2.03 bits per heavy atom. The number of hydrazine groups is 1. The van der Waals surface area contributed by atoms with Crippen molar-refractivity contribution in [2.45, 2.75) is 63.9 Å². The number of aliphatic hydroxyl groups is 1. The predicted molar refractivity (Wildman–Crippen MR) is 139 cm³/mol. The van der Waals surface area contributed by atoms with Crippen LogP contribution in [0.5, 0.6) is 0 Å². The van der Waals surface area contributed by atoms with E-state index in [1.54, 1.807) is 18.3 Å². The van der Waals surface area contributed by atoms with Crippen LogP contribution in [0.4, 0.5) is 16.2 Å². The van der Waals surface area contributed by atoms with Gasteiger partial charge in [-0.05, 0) is 38.8 Å². The molecule has 5 heterocycles. The van der Waals surface area contributed by atoms with Crippen LogP contribution in [0.3, 0.4) is 0 Å². The van der Waals surface area contributed by atoms with Crippen LogP contribution < -0.4 is 26.4 Å². The fourth-order valence-corrected chi connectivity index (χ4v) is 4.69. The Bertz CT molecular complexity index is 1280. The quantitative estimate of drug-likeness (QED) is 0.307. The van der Waals surface area contributed by atoms with E-state index in [1.165, 1.54) is 10.9 Å². The number of carbonyl (C=O) groups is 1. The monoisotopic (exact) mass is 524 g/mol. The van der Waals surface area contributed by atoms with E-state index >= 15 is 0 Å². The molecule has 0 spiro atoms. The van der Waals surface area contributed by atoms with Gasteiger partial charge in [-0.3, -0.25) is 10.2 Å². The van der Waals surface area contributed by atoms with Gasteiger partial charge in [-0.15, -0.1) is 0 Å². The molecule has 2 aliphatic rings. The van der Waals surface area contributed by atoms with Crippen molar-refractivity contribution in [2.24, 2.45) is 0 Å². The summed E-state index contributed by atoms with van der Waals surface area (Å²) in [4.78, 5) is 28.6. The second-order valence-corrected chi connectivity index (χ2v) is 10.1. The summed E-state index contributed by atoms with van der Waals surface area (Å²) in [6.45, 7) is 6.74. The fraction of sp³-hybridized carbons (Fsp3) is 0.480. The Morgan fingerprint density at radius 1 is 1.24 bits per heavy atom. The first kappa shape index (κ1) is 25.9. The Balaban J connectivity index is 1.17. The highest BCUT2D eigenvalue weighted by Crippen LogP contribution is 2.27. The zero-order chi connectivity index (χ0) is 26.9. The lowest BCUT2D eigenvalue weighted by Crippen LogP contribution is -2.54. The normalized spacial score (nSPS) is 21.8. The number of aromatic nitrogens is 5. The van der Waals surface area contributed by atoms with Crippen molar-refractivity contribution in [3.05, 3.63) is 53.9 Å². The molecule has 13 heteroatoms. The Hall–Kier alpha value is -3.68. The summed E-state index contributed by atoms with van der Waals surface area (Å²) in [5.74, 6) is 0.889. The molecule has 0 aliphatic carbocycles. The number of nitrogens with zero attached hydrogens (tertiary/aromatic N) is 6. The number of halogens is 1. The molecule has 0 saturated carbocycles. The summed E-state index contributed by atoms with van der Waals surface area (Å²) in [6, 6.07) is 5.38. The van der Waals surface area contributed by atoms with Gasteiger partial charge in [0, 0.05) is 49.9 Å². The molecule has 2 unspecified atom stereocenters. The van der Waals surface area contributed by atoms with Gasteiger partial charge in [-0.25, -0.2) is 24.5 Å². The fourth-order valence-electron chi connectivity index (χ4n) is 4.69. The van der Waals surface area contributed by atoms with Crippen LogP contribution in [0.15, 0.2) is 36.8 Å². The summed E-state index contributed by atoms with van der Waals surface area (Å²) < 4.78 is 14.6. The summed E-state index contributed by atoms with van der Waals surface area (Å²) >= 11 is 0. The third kappa shape index (κ3) is 5.74. The average molecular weight is 525 g/mol. The highest BCUT2D eigenvalue weighted by atomic mass is 19.1. The summed E-state index contributed by atoms with van der Waals surface area (Å²) in [5, 5.41) is 21.3. The SMILES string of the molecule is Cc1cc(NC2CC(C)NN2)nc(N2CCC(O)(C(=O)N[C@@H](C)c3ccc(-n4cc(F)cn4)nc3)CC2)n1. The smallest absolute Gasteiger partial charge is 0.252 e. The zero-order valence-corrected chi connectivity index (χ0v) is 21.6. The van der Waals surface area contributed by atoms with Crippen molar-refractivity contribution >= 4 is 17.7 Å². The van der Waals surface area contributed by atoms with Crippen molar-refractivity contribution in [3.63, 3.8) is 0 Å². The molecule has 2 aliphatic heterocycles. The molecule has 0 radical (unpaired) electrons. The number of aryl methyl sites for hydroxylation is 1. The van der Waals surface area contributed by atoms with Gasteiger partial charge in [0.05, 0.1) is 24.6 Å². The minimum Gasteiger partial charge on any atom is -0.380 e. The molecule has 5 rings (SSSR count). The van der Waals surface area contributed by atoms with Crippen LogP contribution in [-0.4, -0.2) is 66.6 Å². The van der Waals surface area contributed by atoms with Crippen molar-refractivity contribution in [1.29, 1.82) is 0 Å². The van der Waals surface area contributed by atoms with Crippen LogP contribution >= 0.6 is 0 Å². The van der Waals surface area contributed by atoms with Crippen LogP contribution in [0.25, 0.3) is 5.82 Å². The van der Waals surface area contributed by atoms with E-state index in [4.69, 9.17) is 0 Å². The van der Waals surface area contributed by atoms with Crippen LogP contribution in [0, 0.1) is 12.7 Å². The molecule has 202 valence electrons. The van der Waals surface area contributed by atoms with E-state index in [9.17, 15) is 14.3 Å². The molecule has 0 bridgehead atoms. The molecule has 38 heavy (non-hydrogen) atoms. The highest BCUT2D eigenvalue weighted by Gasteiger charge is 2.40. The minimum atomic E-state index is -1.49. The van der Waals surface area contributed by atoms with Gasteiger partial charge in [0.15, 0.2) is 11.6 Å². The van der Waals surface area contributed by atoms with Gasteiger partial charge < -0.3 is 20.6 Å². The van der Waals surface area contributed by atoms with Crippen molar-refractivity contribution < 1.29 is 14.3 Å². The van der Waals surface area contributed by atoms with E-state index in [0.717, 1.165) is 29.7 Å². The number of amides is 1. The number of carbonyl (C=O) groups excluding carboxylic acids is 1. The number of hydrogen-bond donors (Lipinski definition) is 5. The number of rotatable bonds is 7. The first-order valence-corrected chi connectivity index (χ1v) is 12.8. The predicted octanol–water partition coefficient (Wildman–Crippen LogP) is 1.34. The van der Waals surface area contributed by atoms with E-state index in [-0.39, 0.29) is 25.0 Å². The van der Waals surface area contributed by atoms with Crippen LogP contribution in [0.2, 0.25) is 0 Å². The molecule has 1 amide bonds. The second kappa shape index (κ2) is 10.6. The first-order chi connectivity index (χ1) is 18.2. The largest absolute Gasteiger partial charge is 0.380 e. The van der Waals surface area contributed by atoms with Gasteiger partial charge in [0.1, 0.15) is 11.4 Å². The molecule has 3 atom stereocenters. The lowest BCUT2D eigenvalue weighted by Gasteiger charge is -2.37. The molecule has 5 N–H and O–H groups in total. The summed E-state index contributed by atoms with van der Waals surface area (Å²) in [5.41, 5.74) is 6.48. The third-order valence-electron chi connectivity index (χ3n) is 6.96. The van der Waals surface area contributed by atoms with Gasteiger partial charge in [0.2, 0.25) is 5.95 Å². The van der Waals surface area contributed by atoms with E-state index in [0.29, 0.717) is 30.9 Å². The van der Waals surface area contributed by atoms with Crippen molar-refractivity contribution in [1.82, 2.24) is 40.9 Å². The minimum absolute atomic E-state index is 0.0734. The molecule has 3 aromatic rings. The van der Waals surface area contributed by atoms with E-state index in [2.05, 4.69) is 48.5 Å². The van der Waals surface area contributed by atoms with E-state index in [1.807, 2.05) is 24.8 Å². The van der Waals surface area contributed by atoms with Crippen LogP contribution in [0.1, 0.15) is 50.4 Å². The first-order valence-electron chi connectivity index (χ1n) is 12.8.